The lowest BCUT2D eigenvalue weighted by molar-refractivity contribution is 0.219. The molecule has 1 aliphatic rings. The van der Waals surface area contributed by atoms with Gasteiger partial charge in [-0.15, -0.1) is 10.2 Å². The molecule has 0 atom stereocenters. The molecule has 21 heavy (non-hydrogen) atoms. The average Bonchev–Trinajstić information content (AvgIpc) is 2.90. The number of aryl methyl sites for hydroxylation is 1. The lowest BCUT2D eigenvalue weighted by Gasteiger charge is -2.22. The van der Waals surface area contributed by atoms with Crippen LogP contribution in [0.5, 0.6) is 0 Å². The molecule has 1 saturated heterocycles. The van der Waals surface area contributed by atoms with Crippen molar-refractivity contribution in [3.05, 3.63) is 35.7 Å². The van der Waals surface area contributed by atoms with Crippen molar-refractivity contribution in [3.63, 3.8) is 0 Å². The SMILES string of the molecule is Cc1cccc(-c2nnc(CN3CCCCCCC3)o2)c1. The van der Waals surface area contributed by atoms with Crippen molar-refractivity contribution in [2.24, 2.45) is 0 Å². The third-order valence-electron chi connectivity index (χ3n) is 4.04. The zero-order chi connectivity index (χ0) is 14.5. The molecule has 112 valence electrons. The number of hydrogen-bond donors (Lipinski definition) is 0. The van der Waals surface area contributed by atoms with E-state index in [0.29, 0.717) is 5.89 Å². The Bertz CT molecular complexity index is 571. The van der Waals surface area contributed by atoms with E-state index in [0.717, 1.165) is 31.1 Å². The Balaban J connectivity index is 1.67. The lowest BCUT2D eigenvalue weighted by Crippen LogP contribution is -2.27. The van der Waals surface area contributed by atoms with Gasteiger partial charge in [0.25, 0.3) is 0 Å². The summed E-state index contributed by atoms with van der Waals surface area (Å²) in [6.45, 7) is 5.13. The smallest absolute Gasteiger partial charge is 0.247 e. The topological polar surface area (TPSA) is 42.2 Å². The lowest BCUT2D eigenvalue weighted by atomic mass is 10.1. The Hall–Kier alpha value is -1.68. The van der Waals surface area contributed by atoms with Crippen LogP contribution in [0.2, 0.25) is 0 Å². The van der Waals surface area contributed by atoms with Crippen molar-refractivity contribution in [3.8, 4) is 11.5 Å². The first kappa shape index (κ1) is 14.3. The zero-order valence-corrected chi connectivity index (χ0v) is 12.7. The van der Waals surface area contributed by atoms with E-state index in [1.165, 1.54) is 37.7 Å². The molecule has 4 heteroatoms. The minimum atomic E-state index is 0.626. The maximum Gasteiger partial charge on any atom is 0.247 e. The first-order valence-corrected chi connectivity index (χ1v) is 7.93. The predicted octanol–water partition coefficient (Wildman–Crippen LogP) is 3.81. The fourth-order valence-corrected chi connectivity index (χ4v) is 2.87. The van der Waals surface area contributed by atoms with Gasteiger partial charge in [-0.3, -0.25) is 4.90 Å². The number of hydrogen-bond acceptors (Lipinski definition) is 4. The fraction of sp³-hybridized carbons (Fsp3) is 0.529. The van der Waals surface area contributed by atoms with Crippen molar-refractivity contribution in [2.75, 3.05) is 13.1 Å². The monoisotopic (exact) mass is 285 g/mol. The molecule has 0 unspecified atom stereocenters. The number of benzene rings is 1. The first-order chi connectivity index (χ1) is 10.3. The molecule has 1 fully saturated rings. The molecule has 0 spiro atoms. The van der Waals surface area contributed by atoms with E-state index < -0.39 is 0 Å². The van der Waals surface area contributed by atoms with Crippen LogP contribution in [-0.4, -0.2) is 28.2 Å². The van der Waals surface area contributed by atoms with Gasteiger partial charge in [-0.2, -0.15) is 0 Å². The van der Waals surface area contributed by atoms with E-state index in [-0.39, 0.29) is 0 Å². The Morgan fingerprint density at radius 2 is 1.81 bits per heavy atom. The molecule has 2 heterocycles. The van der Waals surface area contributed by atoms with E-state index in [9.17, 15) is 0 Å². The van der Waals surface area contributed by atoms with Crippen LogP contribution in [0.3, 0.4) is 0 Å². The molecule has 0 radical (unpaired) electrons. The molecule has 0 N–H and O–H groups in total. The quantitative estimate of drug-likeness (QED) is 0.860. The van der Waals surface area contributed by atoms with Crippen LogP contribution in [0.1, 0.15) is 43.6 Å². The highest BCUT2D eigenvalue weighted by atomic mass is 16.4. The highest BCUT2D eigenvalue weighted by Gasteiger charge is 2.14. The maximum atomic E-state index is 5.84. The van der Waals surface area contributed by atoms with Crippen LogP contribution < -0.4 is 0 Å². The van der Waals surface area contributed by atoms with Gasteiger partial charge in [0.15, 0.2) is 0 Å². The van der Waals surface area contributed by atoms with Gasteiger partial charge < -0.3 is 4.42 Å². The summed E-state index contributed by atoms with van der Waals surface area (Å²) in [6, 6.07) is 8.18. The Kier molecular flexibility index (Phi) is 4.65. The standard InChI is InChI=1S/C17H23N3O/c1-14-8-7-9-15(12-14)17-19-18-16(21-17)13-20-10-5-3-2-4-6-11-20/h7-9,12H,2-6,10-11,13H2,1H3. The molecular weight excluding hydrogens is 262 g/mol. The van der Waals surface area contributed by atoms with Crippen LogP contribution in [0.4, 0.5) is 0 Å². The second-order valence-electron chi connectivity index (χ2n) is 5.91. The van der Waals surface area contributed by atoms with Gasteiger partial charge in [0.1, 0.15) is 0 Å². The normalized spacial score (nSPS) is 17.4. The third-order valence-corrected chi connectivity index (χ3v) is 4.04. The second kappa shape index (κ2) is 6.85. The first-order valence-electron chi connectivity index (χ1n) is 7.93. The third kappa shape index (κ3) is 3.91. The molecule has 1 aromatic heterocycles. The Labute approximate surface area is 126 Å². The van der Waals surface area contributed by atoms with E-state index >= 15 is 0 Å². The van der Waals surface area contributed by atoms with Gasteiger partial charge in [0.2, 0.25) is 11.8 Å². The summed E-state index contributed by atoms with van der Waals surface area (Å²) < 4.78 is 5.84. The molecule has 0 bridgehead atoms. The minimum Gasteiger partial charge on any atom is -0.419 e. The molecule has 4 nitrogen and oxygen atoms in total. The van der Waals surface area contributed by atoms with Crippen molar-refractivity contribution < 1.29 is 4.42 Å². The predicted molar refractivity (Wildman–Crippen MR) is 82.8 cm³/mol. The van der Waals surface area contributed by atoms with Crippen LogP contribution in [0.15, 0.2) is 28.7 Å². The molecule has 2 aromatic rings. The van der Waals surface area contributed by atoms with Gasteiger partial charge in [0, 0.05) is 5.56 Å². The van der Waals surface area contributed by atoms with Gasteiger partial charge in [-0.05, 0) is 45.0 Å². The molecule has 0 aliphatic carbocycles. The number of likely N-dealkylation sites (tertiary alicyclic amines) is 1. The van der Waals surface area contributed by atoms with Gasteiger partial charge >= 0.3 is 0 Å². The van der Waals surface area contributed by atoms with Crippen LogP contribution in [0, 0.1) is 6.92 Å². The molecule has 3 rings (SSSR count). The van der Waals surface area contributed by atoms with E-state index in [1.54, 1.807) is 0 Å². The average molecular weight is 285 g/mol. The van der Waals surface area contributed by atoms with E-state index in [2.05, 4.69) is 34.2 Å². The number of rotatable bonds is 3. The largest absolute Gasteiger partial charge is 0.419 e. The van der Waals surface area contributed by atoms with Gasteiger partial charge in [-0.1, -0.05) is 37.0 Å². The second-order valence-corrected chi connectivity index (χ2v) is 5.91. The van der Waals surface area contributed by atoms with Crippen LogP contribution in [0.25, 0.3) is 11.5 Å². The summed E-state index contributed by atoms with van der Waals surface area (Å²) in [4.78, 5) is 2.44. The molecule has 1 aliphatic heterocycles. The van der Waals surface area contributed by atoms with Crippen molar-refractivity contribution in [2.45, 2.75) is 45.6 Å². The minimum absolute atomic E-state index is 0.626. The van der Waals surface area contributed by atoms with Gasteiger partial charge in [-0.25, -0.2) is 0 Å². The molecule has 1 aromatic carbocycles. The Morgan fingerprint density at radius 1 is 1.05 bits per heavy atom. The summed E-state index contributed by atoms with van der Waals surface area (Å²) >= 11 is 0. The van der Waals surface area contributed by atoms with Crippen molar-refractivity contribution in [1.82, 2.24) is 15.1 Å². The number of aromatic nitrogens is 2. The van der Waals surface area contributed by atoms with E-state index in [1.807, 2.05) is 12.1 Å². The highest BCUT2D eigenvalue weighted by molar-refractivity contribution is 5.53. The summed E-state index contributed by atoms with van der Waals surface area (Å²) in [6.07, 6.45) is 6.62. The fourth-order valence-electron chi connectivity index (χ4n) is 2.87. The molecule has 0 amide bonds. The summed E-state index contributed by atoms with van der Waals surface area (Å²) in [7, 11) is 0. The van der Waals surface area contributed by atoms with Crippen molar-refractivity contribution >= 4 is 0 Å². The number of nitrogens with zero attached hydrogens (tertiary/aromatic N) is 3. The van der Waals surface area contributed by atoms with Crippen molar-refractivity contribution in [1.29, 1.82) is 0 Å². The summed E-state index contributed by atoms with van der Waals surface area (Å²) in [5.74, 6) is 1.35. The van der Waals surface area contributed by atoms with Crippen LogP contribution >= 0.6 is 0 Å². The van der Waals surface area contributed by atoms with Crippen LogP contribution in [-0.2, 0) is 6.54 Å². The molecule has 0 saturated carbocycles. The Morgan fingerprint density at radius 3 is 2.57 bits per heavy atom. The zero-order valence-electron chi connectivity index (χ0n) is 12.7. The maximum absolute atomic E-state index is 5.84. The van der Waals surface area contributed by atoms with E-state index in [4.69, 9.17) is 4.42 Å². The summed E-state index contributed by atoms with van der Waals surface area (Å²) in [5, 5.41) is 8.40. The van der Waals surface area contributed by atoms with Gasteiger partial charge in [0.05, 0.1) is 6.54 Å². The highest BCUT2D eigenvalue weighted by Crippen LogP contribution is 2.20. The summed E-state index contributed by atoms with van der Waals surface area (Å²) in [5.41, 5.74) is 2.21. The molecular formula is C17H23N3O.